The van der Waals surface area contributed by atoms with E-state index in [9.17, 15) is 14.7 Å². The smallest absolute Gasteiger partial charge is 0.311 e. The number of hydrogen-bond donors (Lipinski definition) is 1. The molecule has 0 saturated carbocycles. The first-order chi connectivity index (χ1) is 12.1. The largest absolute Gasteiger partial charge is 0.481 e. The predicted octanol–water partition coefficient (Wildman–Crippen LogP) is 2.24. The second-order valence-electron chi connectivity index (χ2n) is 6.92. The molecule has 2 aliphatic rings. The average Bonchev–Trinajstić information content (AvgIpc) is 2.68. The molecule has 136 valence electrons. The number of nitrogens with zero attached hydrogens (tertiary/aromatic N) is 2. The Kier molecular flexibility index (Phi) is 5.27. The zero-order valence-corrected chi connectivity index (χ0v) is 14.7. The molecule has 1 aromatic rings. The van der Waals surface area contributed by atoms with Crippen molar-refractivity contribution in [3.05, 3.63) is 29.8 Å². The number of aliphatic carboxylic acids is 1. The molecular weight excluding hydrogens is 320 g/mol. The van der Waals surface area contributed by atoms with E-state index >= 15 is 0 Å². The van der Waals surface area contributed by atoms with Crippen LogP contribution in [0, 0.1) is 5.41 Å². The summed E-state index contributed by atoms with van der Waals surface area (Å²) in [6.45, 7) is 5.83. The predicted molar refractivity (Wildman–Crippen MR) is 95.0 cm³/mol. The van der Waals surface area contributed by atoms with E-state index in [4.69, 9.17) is 4.74 Å². The number of anilines is 1. The molecule has 0 unspecified atom stereocenters. The van der Waals surface area contributed by atoms with Gasteiger partial charge in [-0.25, -0.2) is 0 Å². The van der Waals surface area contributed by atoms with Gasteiger partial charge in [0.05, 0.1) is 18.6 Å². The molecule has 0 radical (unpaired) electrons. The number of piperidine rings is 1. The van der Waals surface area contributed by atoms with Crippen LogP contribution in [-0.4, -0.2) is 61.3 Å². The van der Waals surface area contributed by atoms with Crippen LogP contribution < -0.4 is 4.90 Å². The van der Waals surface area contributed by atoms with E-state index in [1.807, 2.05) is 31.2 Å². The van der Waals surface area contributed by atoms with Crippen molar-refractivity contribution in [2.75, 3.05) is 44.3 Å². The molecule has 6 heteroatoms. The number of hydrogen-bond acceptors (Lipinski definition) is 4. The van der Waals surface area contributed by atoms with Gasteiger partial charge in [0.15, 0.2) is 0 Å². The van der Waals surface area contributed by atoms with Gasteiger partial charge in [-0.15, -0.1) is 0 Å². The molecule has 0 aliphatic carbocycles. The van der Waals surface area contributed by atoms with E-state index in [0.717, 1.165) is 25.2 Å². The van der Waals surface area contributed by atoms with E-state index in [2.05, 4.69) is 4.90 Å². The summed E-state index contributed by atoms with van der Waals surface area (Å²) in [4.78, 5) is 28.6. The minimum Gasteiger partial charge on any atom is -0.481 e. The number of amides is 1. The van der Waals surface area contributed by atoms with E-state index in [-0.39, 0.29) is 5.91 Å². The highest BCUT2D eigenvalue weighted by Crippen LogP contribution is 2.34. The van der Waals surface area contributed by atoms with Gasteiger partial charge in [-0.2, -0.15) is 0 Å². The number of carboxylic acid groups (broad SMARTS) is 1. The lowest BCUT2D eigenvalue weighted by Gasteiger charge is -2.39. The van der Waals surface area contributed by atoms with Crippen LogP contribution in [0.15, 0.2) is 24.3 Å². The van der Waals surface area contributed by atoms with Crippen molar-refractivity contribution < 1.29 is 19.4 Å². The van der Waals surface area contributed by atoms with Crippen LogP contribution in [0.4, 0.5) is 5.69 Å². The Balaban J connectivity index is 1.77. The van der Waals surface area contributed by atoms with Gasteiger partial charge >= 0.3 is 5.97 Å². The van der Waals surface area contributed by atoms with Crippen LogP contribution in [0.1, 0.15) is 36.5 Å². The van der Waals surface area contributed by atoms with E-state index < -0.39 is 11.4 Å². The van der Waals surface area contributed by atoms with Crippen molar-refractivity contribution in [3.63, 3.8) is 0 Å². The van der Waals surface area contributed by atoms with E-state index in [0.29, 0.717) is 44.7 Å². The van der Waals surface area contributed by atoms with Crippen LogP contribution in [-0.2, 0) is 9.53 Å². The van der Waals surface area contributed by atoms with Gasteiger partial charge in [0.1, 0.15) is 0 Å². The van der Waals surface area contributed by atoms with Crippen molar-refractivity contribution in [2.45, 2.75) is 26.2 Å². The molecule has 0 aromatic heterocycles. The first-order valence-electron chi connectivity index (χ1n) is 9.01. The standard InChI is InChI=1S/C19H26N2O4/c1-2-19(18(23)24)7-4-8-21(14-19)17(22)15-5-3-6-16(13-15)20-9-11-25-12-10-20/h3,5-6,13H,2,4,7-12,14H2,1H3,(H,23,24)/t19-/m1/s1. The highest BCUT2D eigenvalue weighted by Gasteiger charge is 2.42. The number of rotatable bonds is 4. The van der Waals surface area contributed by atoms with Crippen molar-refractivity contribution in [1.82, 2.24) is 4.90 Å². The number of carboxylic acids is 1. The number of carbonyl (C=O) groups is 2. The Labute approximate surface area is 148 Å². The van der Waals surface area contributed by atoms with Gasteiger partial charge in [-0.05, 0) is 37.5 Å². The van der Waals surface area contributed by atoms with Crippen molar-refractivity contribution >= 4 is 17.6 Å². The molecule has 0 spiro atoms. The van der Waals surface area contributed by atoms with Gasteiger partial charge in [0.2, 0.25) is 0 Å². The summed E-state index contributed by atoms with van der Waals surface area (Å²) < 4.78 is 5.38. The maximum atomic E-state index is 13.0. The topological polar surface area (TPSA) is 70.1 Å². The SMILES string of the molecule is CC[C@@]1(C(=O)O)CCCN(C(=O)c2cccc(N3CCOCC3)c2)C1. The van der Waals surface area contributed by atoms with Gasteiger partial charge < -0.3 is 19.6 Å². The molecule has 0 bridgehead atoms. The minimum absolute atomic E-state index is 0.0751. The van der Waals surface area contributed by atoms with Crippen LogP contribution in [0.5, 0.6) is 0 Å². The molecule has 2 saturated heterocycles. The monoisotopic (exact) mass is 346 g/mol. The van der Waals surface area contributed by atoms with Crippen molar-refractivity contribution in [3.8, 4) is 0 Å². The Morgan fingerprint density at radius 1 is 1.24 bits per heavy atom. The fraction of sp³-hybridized carbons (Fsp3) is 0.579. The first-order valence-corrected chi connectivity index (χ1v) is 9.01. The Bertz CT molecular complexity index is 642. The van der Waals surface area contributed by atoms with E-state index in [1.54, 1.807) is 4.90 Å². The highest BCUT2D eigenvalue weighted by atomic mass is 16.5. The van der Waals surface area contributed by atoms with Gasteiger partial charge in [-0.3, -0.25) is 9.59 Å². The van der Waals surface area contributed by atoms with Crippen LogP contribution in [0.3, 0.4) is 0 Å². The molecule has 1 amide bonds. The zero-order chi connectivity index (χ0) is 17.9. The normalized spacial score (nSPS) is 24.2. The quantitative estimate of drug-likeness (QED) is 0.905. The molecule has 1 atom stereocenters. The summed E-state index contributed by atoms with van der Waals surface area (Å²) in [5.41, 5.74) is 0.836. The molecule has 6 nitrogen and oxygen atoms in total. The van der Waals surface area contributed by atoms with Crippen LogP contribution >= 0.6 is 0 Å². The number of likely N-dealkylation sites (tertiary alicyclic amines) is 1. The summed E-state index contributed by atoms with van der Waals surface area (Å²) in [5.74, 6) is -0.872. The summed E-state index contributed by atoms with van der Waals surface area (Å²) in [5, 5.41) is 9.62. The number of morpholine rings is 1. The Morgan fingerprint density at radius 2 is 2.00 bits per heavy atom. The molecule has 3 rings (SSSR count). The molecule has 1 N–H and O–H groups in total. The zero-order valence-electron chi connectivity index (χ0n) is 14.7. The molecule has 25 heavy (non-hydrogen) atoms. The maximum absolute atomic E-state index is 13.0. The molecule has 2 fully saturated rings. The Morgan fingerprint density at radius 3 is 2.68 bits per heavy atom. The molecular formula is C19H26N2O4. The molecule has 2 heterocycles. The lowest BCUT2D eigenvalue weighted by Crippen LogP contribution is -2.49. The van der Waals surface area contributed by atoms with Crippen LogP contribution in [0.25, 0.3) is 0 Å². The lowest BCUT2D eigenvalue weighted by molar-refractivity contribution is -0.152. The second-order valence-corrected chi connectivity index (χ2v) is 6.92. The molecule has 2 aliphatic heterocycles. The summed E-state index contributed by atoms with van der Waals surface area (Å²) in [6.07, 6.45) is 1.91. The minimum atomic E-state index is -0.810. The lowest BCUT2D eigenvalue weighted by atomic mass is 9.77. The average molecular weight is 346 g/mol. The summed E-state index contributed by atoms with van der Waals surface area (Å²) in [7, 11) is 0. The third-order valence-electron chi connectivity index (χ3n) is 5.46. The van der Waals surface area contributed by atoms with E-state index in [1.165, 1.54) is 0 Å². The van der Waals surface area contributed by atoms with Gasteiger partial charge in [-0.1, -0.05) is 13.0 Å². The number of carbonyl (C=O) groups excluding carboxylic acids is 1. The van der Waals surface area contributed by atoms with Crippen LogP contribution in [0.2, 0.25) is 0 Å². The summed E-state index contributed by atoms with van der Waals surface area (Å²) >= 11 is 0. The highest BCUT2D eigenvalue weighted by molar-refractivity contribution is 5.95. The van der Waals surface area contributed by atoms with Crippen molar-refractivity contribution in [1.29, 1.82) is 0 Å². The third kappa shape index (κ3) is 3.63. The first kappa shape index (κ1) is 17.7. The number of benzene rings is 1. The molecule has 1 aromatic carbocycles. The van der Waals surface area contributed by atoms with Gasteiger partial charge in [0, 0.05) is 37.4 Å². The third-order valence-corrected chi connectivity index (χ3v) is 5.46. The number of ether oxygens (including phenoxy) is 1. The summed E-state index contributed by atoms with van der Waals surface area (Å²) in [6, 6.07) is 7.63. The Hall–Kier alpha value is -2.08. The van der Waals surface area contributed by atoms with Gasteiger partial charge in [0.25, 0.3) is 5.91 Å². The second kappa shape index (κ2) is 7.44. The van der Waals surface area contributed by atoms with Crippen molar-refractivity contribution in [2.24, 2.45) is 5.41 Å². The fourth-order valence-corrected chi connectivity index (χ4v) is 3.76. The fourth-order valence-electron chi connectivity index (χ4n) is 3.76. The maximum Gasteiger partial charge on any atom is 0.311 e.